The minimum atomic E-state index is 0.0667. The molecule has 2 aromatic rings. The molecule has 1 atom stereocenters. The Balaban J connectivity index is 1.95. The number of benzene rings is 1. The smallest absolute Gasteiger partial charge is 0.229 e. The standard InChI is InChI=1S/C14H15ClN4S/c1-9-7-8-16-13(17-9)19-14(20)18-10(2)11-3-5-12(15)6-4-11/h3-8,10H,1-2H3,(H2,16,17,18,19,20)/t10-/m0/s1. The maximum absolute atomic E-state index is 5.87. The van der Waals surface area contributed by atoms with Gasteiger partial charge < -0.3 is 10.6 Å². The second-order valence-corrected chi connectivity index (χ2v) is 5.24. The van der Waals surface area contributed by atoms with Crippen LogP contribution in [-0.2, 0) is 0 Å². The summed E-state index contributed by atoms with van der Waals surface area (Å²) >= 11 is 11.1. The molecule has 0 saturated heterocycles. The van der Waals surface area contributed by atoms with Crippen molar-refractivity contribution >= 4 is 34.9 Å². The van der Waals surface area contributed by atoms with Gasteiger partial charge in [-0.05, 0) is 49.8 Å². The highest BCUT2D eigenvalue weighted by atomic mass is 35.5. The number of aryl methyl sites for hydroxylation is 1. The van der Waals surface area contributed by atoms with Crippen LogP contribution in [-0.4, -0.2) is 15.1 Å². The average molecular weight is 307 g/mol. The van der Waals surface area contributed by atoms with E-state index in [0.29, 0.717) is 11.1 Å². The van der Waals surface area contributed by atoms with Gasteiger partial charge in [0.2, 0.25) is 5.95 Å². The van der Waals surface area contributed by atoms with Crippen LogP contribution >= 0.6 is 23.8 Å². The first-order valence-electron chi connectivity index (χ1n) is 6.17. The van der Waals surface area contributed by atoms with Gasteiger partial charge in [0.15, 0.2) is 5.11 Å². The van der Waals surface area contributed by atoms with E-state index in [2.05, 4.69) is 20.6 Å². The minimum Gasteiger partial charge on any atom is -0.356 e. The van der Waals surface area contributed by atoms with Gasteiger partial charge >= 0.3 is 0 Å². The van der Waals surface area contributed by atoms with Crippen LogP contribution in [0.25, 0.3) is 0 Å². The molecule has 0 saturated carbocycles. The molecule has 1 aromatic carbocycles. The number of hydrogen-bond donors (Lipinski definition) is 2. The van der Waals surface area contributed by atoms with Crippen LogP contribution in [0.1, 0.15) is 24.2 Å². The van der Waals surface area contributed by atoms with Gasteiger partial charge in [-0.25, -0.2) is 9.97 Å². The lowest BCUT2D eigenvalue weighted by Gasteiger charge is -2.16. The van der Waals surface area contributed by atoms with E-state index in [1.165, 1.54) is 0 Å². The number of nitrogens with one attached hydrogen (secondary N) is 2. The number of aromatic nitrogens is 2. The van der Waals surface area contributed by atoms with Crippen molar-refractivity contribution in [3.8, 4) is 0 Å². The molecule has 1 heterocycles. The summed E-state index contributed by atoms with van der Waals surface area (Å²) in [6.07, 6.45) is 1.69. The van der Waals surface area contributed by atoms with Crippen LogP contribution in [0.5, 0.6) is 0 Å². The van der Waals surface area contributed by atoms with Crippen molar-refractivity contribution in [2.45, 2.75) is 19.9 Å². The third-order valence-electron chi connectivity index (χ3n) is 2.74. The molecule has 2 N–H and O–H groups in total. The molecule has 0 aliphatic heterocycles. The predicted molar refractivity (Wildman–Crippen MR) is 86.0 cm³/mol. The summed E-state index contributed by atoms with van der Waals surface area (Å²) in [5.41, 5.74) is 1.99. The van der Waals surface area contributed by atoms with E-state index < -0.39 is 0 Å². The van der Waals surface area contributed by atoms with Gasteiger partial charge in [0.05, 0.1) is 6.04 Å². The number of hydrogen-bond acceptors (Lipinski definition) is 3. The lowest BCUT2D eigenvalue weighted by molar-refractivity contribution is 0.722. The molecule has 0 aliphatic rings. The first kappa shape index (κ1) is 14.7. The molecule has 20 heavy (non-hydrogen) atoms. The second-order valence-electron chi connectivity index (χ2n) is 4.39. The fourth-order valence-corrected chi connectivity index (χ4v) is 2.07. The monoisotopic (exact) mass is 306 g/mol. The van der Waals surface area contributed by atoms with Crippen LogP contribution in [0.4, 0.5) is 5.95 Å². The molecule has 0 unspecified atom stereocenters. The third kappa shape index (κ3) is 4.15. The van der Waals surface area contributed by atoms with Crippen molar-refractivity contribution in [1.29, 1.82) is 0 Å². The van der Waals surface area contributed by atoms with Crippen molar-refractivity contribution in [3.05, 3.63) is 52.8 Å². The molecule has 0 radical (unpaired) electrons. The van der Waals surface area contributed by atoms with Gasteiger partial charge in [-0.1, -0.05) is 23.7 Å². The molecule has 1 aromatic heterocycles. The van der Waals surface area contributed by atoms with Gasteiger partial charge in [-0.15, -0.1) is 0 Å². The van der Waals surface area contributed by atoms with E-state index in [1.54, 1.807) is 6.20 Å². The highest BCUT2D eigenvalue weighted by Crippen LogP contribution is 2.16. The molecule has 2 rings (SSSR count). The molecule has 0 aliphatic carbocycles. The van der Waals surface area contributed by atoms with Crippen molar-refractivity contribution in [1.82, 2.24) is 15.3 Å². The van der Waals surface area contributed by atoms with Gasteiger partial charge in [0.1, 0.15) is 0 Å². The molecule has 6 heteroatoms. The molecule has 0 spiro atoms. The Bertz CT molecular complexity index is 600. The number of halogens is 1. The summed E-state index contributed by atoms with van der Waals surface area (Å²) in [4.78, 5) is 8.34. The Kier molecular flexibility index (Phi) is 4.87. The summed E-state index contributed by atoms with van der Waals surface area (Å²) in [7, 11) is 0. The zero-order valence-electron chi connectivity index (χ0n) is 11.2. The summed E-state index contributed by atoms with van der Waals surface area (Å²) < 4.78 is 0. The summed E-state index contributed by atoms with van der Waals surface area (Å²) in [6, 6.07) is 9.54. The Labute approximate surface area is 128 Å². The van der Waals surface area contributed by atoms with Crippen molar-refractivity contribution in [3.63, 3.8) is 0 Å². The van der Waals surface area contributed by atoms with E-state index in [4.69, 9.17) is 23.8 Å². The number of thiocarbonyl (C=S) groups is 1. The molecule has 0 amide bonds. The largest absolute Gasteiger partial charge is 0.356 e. The van der Waals surface area contributed by atoms with Gasteiger partial charge in [-0.2, -0.15) is 0 Å². The van der Waals surface area contributed by atoms with E-state index >= 15 is 0 Å². The fourth-order valence-electron chi connectivity index (χ4n) is 1.68. The third-order valence-corrected chi connectivity index (χ3v) is 3.21. The van der Waals surface area contributed by atoms with Crippen LogP contribution in [0.3, 0.4) is 0 Å². The van der Waals surface area contributed by atoms with Gasteiger partial charge in [-0.3, -0.25) is 0 Å². The maximum Gasteiger partial charge on any atom is 0.229 e. The topological polar surface area (TPSA) is 49.8 Å². The van der Waals surface area contributed by atoms with Crippen LogP contribution in [0.15, 0.2) is 36.5 Å². The fraction of sp³-hybridized carbons (Fsp3) is 0.214. The zero-order valence-corrected chi connectivity index (χ0v) is 12.8. The Morgan fingerprint density at radius 1 is 1.25 bits per heavy atom. The van der Waals surface area contributed by atoms with Gasteiger partial charge in [0, 0.05) is 16.9 Å². The van der Waals surface area contributed by atoms with E-state index in [1.807, 2.05) is 44.2 Å². The minimum absolute atomic E-state index is 0.0667. The number of anilines is 1. The Hall–Kier alpha value is -1.72. The lowest BCUT2D eigenvalue weighted by atomic mass is 10.1. The van der Waals surface area contributed by atoms with E-state index in [9.17, 15) is 0 Å². The zero-order chi connectivity index (χ0) is 14.5. The molecular weight excluding hydrogens is 292 g/mol. The van der Waals surface area contributed by atoms with Crippen molar-refractivity contribution in [2.24, 2.45) is 0 Å². The highest BCUT2D eigenvalue weighted by molar-refractivity contribution is 7.80. The van der Waals surface area contributed by atoms with E-state index in [-0.39, 0.29) is 6.04 Å². The van der Waals surface area contributed by atoms with Crippen molar-refractivity contribution in [2.75, 3.05) is 5.32 Å². The molecule has 0 bridgehead atoms. The molecule has 4 nitrogen and oxygen atoms in total. The summed E-state index contributed by atoms with van der Waals surface area (Å²) in [5, 5.41) is 7.35. The lowest BCUT2D eigenvalue weighted by Crippen LogP contribution is -2.31. The SMILES string of the molecule is Cc1ccnc(NC(=S)N[C@@H](C)c2ccc(Cl)cc2)n1. The summed E-state index contributed by atoms with van der Waals surface area (Å²) in [5.74, 6) is 0.491. The molecule has 104 valence electrons. The van der Waals surface area contributed by atoms with Crippen LogP contribution < -0.4 is 10.6 Å². The highest BCUT2D eigenvalue weighted by Gasteiger charge is 2.08. The number of rotatable bonds is 3. The van der Waals surface area contributed by atoms with Crippen LogP contribution in [0, 0.1) is 6.92 Å². The second kappa shape index (κ2) is 6.63. The first-order chi connectivity index (χ1) is 9.54. The quantitative estimate of drug-likeness (QED) is 0.850. The molecular formula is C14H15ClN4S. The van der Waals surface area contributed by atoms with Crippen LogP contribution in [0.2, 0.25) is 5.02 Å². The molecule has 0 fully saturated rings. The first-order valence-corrected chi connectivity index (χ1v) is 6.96. The predicted octanol–water partition coefficient (Wildman–Crippen LogP) is 3.49. The van der Waals surface area contributed by atoms with Gasteiger partial charge in [0.25, 0.3) is 0 Å². The van der Waals surface area contributed by atoms with E-state index in [0.717, 1.165) is 16.3 Å². The Morgan fingerprint density at radius 2 is 1.95 bits per heavy atom. The Morgan fingerprint density at radius 3 is 2.60 bits per heavy atom. The number of nitrogens with zero attached hydrogens (tertiary/aromatic N) is 2. The maximum atomic E-state index is 5.87. The normalized spacial score (nSPS) is 11.8. The summed E-state index contributed by atoms with van der Waals surface area (Å²) in [6.45, 7) is 3.92. The average Bonchev–Trinajstić information content (AvgIpc) is 2.39. The van der Waals surface area contributed by atoms with Crippen molar-refractivity contribution < 1.29 is 0 Å².